The lowest BCUT2D eigenvalue weighted by Crippen LogP contribution is -2.45. The molecule has 1 heterocycles. The van der Waals surface area contributed by atoms with Crippen molar-refractivity contribution in [2.45, 2.75) is 112 Å². The van der Waals surface area contributed by atoms with Crippen molar-refractivity contribution in [2.24, 2.45) is 15.4 Å². The number of aliphatic hydroxyl groups excluding tert-OH is 1. The fraction of sp³-hybridized carbons (Fsp3) is 0.667. The number of carbonyl (C=O) groups excluding carboxylic acids is 3. The Bertz CT molecular complexity index is 1170. The van der Waals surface area contributed by atoms with Crippen LogP contribution in [0.5, 0.6) is 0 Å². The molecule has 2 rings (SSSR count). The van der Waals surface area contributed by atoms with E-state index in [0.29, 0.717) is 37.1 Å². The molecule has 1 N–H and O–H groups in total. The topological polar surface area (TPSA) is 136 Å². The molecule has 1 aliphatic carbocycles. The first-order valence-corrected chi connectivity index (χ1v) is 14.2. The molecule has 0 spiro atoms. The zero-order valence-electron chi connectivity index (χ0n) is 26.1. The first-order chi connectivity index (χ1) is 18.9. The zero-order chi connectivity index (χ0) is 31.0. The third kappa shape index (κ3) is 11.5. The van der Waals surface area contributed by atoms with E-state index < -0.39 is 23.4 Å². The number of aliphatic imine (C=N–C) groups is 2. The van der Waals surface area contributed by atoms with Crippen LogP contribution in [0.3, 0.4) is 0 Å². The number of unbranched alkanes of at least 4 members (excludes halogenated alkanes) is 3. The summed E-state index contributed by atoms with van der Waals surface area (Å²) < 4.78 is 12.3. The number of Topliss-reactive ketones (excluding diaryl/α,β-unsaturated/α-hetero) is 1. The average molecular weight is 574 g/mol. The zero-order valence-corrected chi connectivity index (χ0v) is 26.1. The standard InChI is InChI=1S/C30H47N5O6/c1-21(24-22(36)19-30(8,9)20-23(24)37)31-15-12-10-11-13-17-34(27(39)41-29(5,6)7)25(35-18-14-16-32-35)33-26(38)40-28(2,3)4/h14,16,18,36H,10-13,15,17,19-20H2,1-9H3/b31-21?,33-25+. The number of ether oxygens (including phenoxy) is 2. The van der Waals surface area contributed by atoms with E-state index in [1.165, 1.54) is 15.8 Å². The highest BCUT2D eigenvalue weighted by Crippen LogP contribution is 2.36. The van der Waals surface area contributed by atoms with Crippen LogP contribution in [0, 0.1) is 5.41 Å². The summed E-state index contributed by atoms with van der Waals surface area (Å²) in [4.78, 5) is 48.2. The Labute approximate surface area is 243 Å². The van der Waals surface area contributed by atoms with Gasteiger partial charge in [-0.2, -0.15) is 5.10 Å². The van der Waals surface area contributed by atoms with Gasteiger partial charge in [-0.25, -0.2) is 19.2 Å². The predicted octanol–water partition coefficient (Wildman–Crippen LogP) is 6.48. The third-order valence-corrected chi connectivity index (χ3v) is 6.00. The number of amides is 2. The van der Waals surface area contributed by atoms with Gasteiger partial charge in [0.2, 0.25) is 5.96 Å². The summed E-state index contributed by atoms with van der Waals surface area (Å²) in [5, 5.41) is 14.6. The Hall–Kier alpha value is -3.50. The number of hydrogen-bond donors (Lipinski definition) is 1. The molecule has 1 aromatic rings. The number of aliphatic hydroxyl groups is 1. The van der Waals surface area contributed by atoms with E-state index in [4.69, 9.17) is 9.47 Å². The molecule has 1 aromatic heterocycles. The van der Waals surface area contributed by atoms with E-state index in [2.05, 4.69) is 15.1 Å². The highest BCUT2D eigenvalue weighted by atomic mass is 16.6. The van der Waals surface area contributed by atoms with E-state index in [9.17, 15) is 19.5 Å². The van der Waals surface area contributed by atoms with Gasteiger partial charge in [0.1, 0.15) is 17.0 Å². The van der Waals surface area contributed by atoms with Crippen molar-refractivity contribution in [3.63, 3.8) is 0 Å². The minimum absolute atomic E-state index is 0.00728. The molecule has 11 heteroatoms. The Morgan fingerprint density at radius 2 is 1.68 bits per heavy atom. The SMILES string of the molecule is CC(=NCCCCCCN(C(=O)OC(C)(C)C)/C(=N\C(=O)OC(C)(C)C)n1cccn1)C1=C(O)CC(C)(C)CC1=O. The summed E-state index contributed by atoms with van der Waals surface area (Å²) in [7, 11) is 0. The molecule has 0 bridgehead atoms. The number of aromatic nitrogens is 2. The number of carbonyl (C=O) groups is 3. The summed E-state index contributed by atoms with van der Waals surface area (Å²) in [5.74, 6) is 0.0474. The average Bonchev–Trinajstić information content (AvgIpc) is 3.30. The lowest BCUT2D eigenvalue weighted by atomic mass is 9.76. The molecule has 11 nitrogen and oxygen atoms in total. The summed E-state index contributed by atoms with van der Waals surface area (Å²) in [6.45, 7) is 17.0. The van der Waals surface area contributed by atoms with E-state index in [1.54, 1.807) is 60.7 Å². The lowest BCUT2D eigenvalue weighted by Gasteiger charge is -2.29. The van der Waals surface area contributed by atoms with Crippen molar-refractivity contribution in [3.8, 4) is 0 Å². The van der Waals surface area contributed by atoms with Crippen LogP contribution in [0.4, 0.5) is 9.59 Å². The Morgan fingerprint density at radius 1 is 1.05 bits per heavy atom. The van der Waals surface area contributed by atoms with Crippen LogP contribution in [0.15, 0.2) is 39.8 Å². The van der Waals surface area contributed by atoms with Crippen molar-refractivity contribution >= 4 is 29.6 Å². The van der Waals surface area contributed by atoms with Gasteiger partial charge in [-0.05, 0) is 72.8 Å². The highest BCUT2D eigenvalue weighted by Gasteiger charge is 2.34. The minimum Gasteiger partial charge on any atom is -0.511 e. The molecule has 0 aromatic carbocycles. The predicted molar refractivity (Wildman–Crippen MR) is 158 cm³/mol. The van der Waals surface area contributed by atoms with E-state index in [0.717, 1.165) is 19.3 Å². The summed E-state index contributed by atoms with van der Waals surface area (Å²) in [6, 6.07) is 1.66. The molecular formula is C30H47N5O6. The Kier molecular flexibility index (Phi) is 11.4. The lowest BCUT2D eigenvalue weighted by molar-refractivity contribution is -0.118. The summed E-state index contributed by atoms with van der Waals surface area (Å²) in [6.07, 6.45) is 5.46. The van der Waals surface area contributed by atoms with E-state index in [-0.39, 0.29) is 29.5 Å². The van der Waals surface area contributed by atoms with Crippen LogP contribution in [-0.4, -0.2) is 73.7 Å². The molecule has 228 valence electrons. The molecule has 41 heavy (non-hydrogen) atoms. The monoisotopic (exact) mass is 573 g/mol. The molecule has 0 aliphatic heterocycles. The second kappa shape index (κ2) is 13.9. The number of ketones is 1. The van der Waals surface area contributed by atoms with Crippen LogP contribution < -0.4 is 0 Å². The molecule has 0 unspecified atom stereocenters. The smallest absolute Gasteiger partial charge is 0.437 e. The number of rotatable bonds is 8. The highest BCUT2D eigenvalue weighted by molar-refractivity contribution is 6.22. The summed E-state index contributed by atoms with van der Waals surface area (Å²) >= 11 is 0. The van der Waals surface area contributed by atoms with Crippen LogP contribution in [0.25, 0.3) is 0 Å². The fourth-order valence-electron chi connectivity index (χ4n) is 4.34. The van der Waals surface area contributed by atoms with Gasteiger partial charge in [0.15, 0.2) is 5.78 Å². The first kappa shape index (κ1) is 33.7. The quantitative estimate of drug-likeness (QED) is 0.213. The van der Waals surface area contributed by atoms with Crippen LogP contribution in [0.1, 0.15) is 101 Å². The second-order valence-corrected chi connectivity index (χ2v) is 13.1. The van der Waals surface area contributed by atoms with Crippen LogP contribution in [0.2, 0.25) is 0 Å². The largest absolute Gasteiger partial charge is 0.511 e. The van der Waals surface area contributed by atoms with Crippen molar-refractivity contribution in [2.75, 3.05) is 13.1 Å². The normalized spacial score (nSPS) is 16.6. The molecule has 0 saturated heterocycles. The summed E-state index contributed by atoms with van der Waals surface area (Å²) in [5.41, 5.74) is -0.837. The molecule has 0 atom stereocenters. The second-order valence-electron chi connectivity index (χ2n) is 13.1. The maximum Gasteiger partial charge on any atom is 0.437 e. The van der Waals surface area contributed by atoms with Crippen molar-refractivity contribution in [3.05, 3.63) is 29.8 Å². The van der Waals surface area contributed by atoms with Gasteiger partial charge < -0.3 is 14.6 Å². The van der Waals surface area contributed by atoms with Crippen molar-refractivity contribution < 1.29 is 29.0 Å². The number of hydrogen-bond acceptors (Lipinski definition) is 8. The van der Waals surface area contributed by atoms with Gasteiger partial charge in [-0.1, -0.05) is 26.7 Å². The fourth-order valence-corrected chi connectivity index (χ4v) is 4.34. The van der Waals surface area contributed by atoms with Crippen LogP contribution >= 0.6 is 0 Å². The van der Waals surface area contributed by atoms with Gasteiger partial charge in [0.25, 0.3) is 0 Å². The Morgan fingerprint density at radius 3 is 2.24 bits per heavy atom. The maximum atomic E-state index is 13.2. The van der Waals surface area contributed by atoms with Crippen LogP contribution in [-0.2, 0) is 14.3 Å². The number of nitrogens with zero attached hydrogens (tertiary/aromatic N) is 5. The van der Waals surface area contributed by atoms with Gasteiger partial charge >= 0.3 is 12.2 Å². The molecule has 0 radical (unpaired) electrons. The van der Waals surface area contributed by atoms with Gasteiger partial charge in [-0.15, -0.1) is 4.99 Å². The van der Waals surface area contributed by atoms with E-state index >= 15 is 0 Å². The first-order valence-electron chi connectivity index (χ1n) is 14.2. The van der Waals surface area contributed by atoms with Gasteiger partial charge in [0.05, 0.1) is 5.57 Å². The molecule has 0 fully saturated rings. The van der Waals surface area contributed by atoms with Crippen molar-refractivity contribution in [1.29, 1.82) is 0 Å². The molecular weight excluding hydrogens is 526 g/mol. The Balaban J connectivity index is 2.06. The third-order valence-electron chi connectivity index (χ3n) is 6.00. The molecule has 1 aliphatic rings. The van der Waals surface area contributed by atoms with E-state index in [1.807, 2.05) is 13.8 Å². The molecule has 2 amide bonds. The maximum absolute atomic E-state index is 13.2. The molecule has 0 saturated carbocycles. The van der Waals surface area contributed by atoms with Crippen molar-refractivity contribution in [1.82, 2.24) is 14.7 Å². The van der Waals surface area contributed by atoms with Gasteiger partial charge in [0, 0.05) is 44.0 Å². The van der Waals surface area contributed by atoms with Gasteiger partial charge in [-0.3, -0.25) is 9.79 Å². The number of allylic oxidation sites excluding steroid dienone is 2. The minimum atomic E-state index is -0.842.